The molecule has 0 spiro atoms. The maximum absolute atomic E-state index is 14.9. The number of rotatable bonds is 11. The molecule has 0 bridgehead atoms. The van der Waals surface area contributed by atoms with Gasteiger partial charge in [-0.25, -0.2) is 17.2 Å². The van der Waals surface area contributed by atoms with Gasteiger partial charge in [0.2, 0.25) is 11.8 Å². The van der Waals surface area contributed by atoms with Gasteiger partial charge in [-0.2, -0.15) is 0 Å². The summed E-state index contributed by atoms with van der Waals surface area (Å²) in [7, 11) is -4.40. The molecule has 39 heavy (non-hydrogen) atoms. The summed E-state index contributed by atoms with van der Waals surface area (Å²) in [6, 6.07) is 15.9. The number of halogens is 2. The second-order valence-electron chi connectivity index (χ2n) is 9.70. The lowest BCUT2D eigenvalue weighted by molar-refractivity contribution is -0.139. The number of amides is 2. The number of carbonyl (C=O) groups is 2. The summed E-state index contributed by atoms with van der Waals surface area (Å²) >= 11 is 0. The van der Waals surface area contributed by atoms with E-state index in [9.17, 15) is 26.8 Å². The highest BCUT2D eigenvalue weighted by Crippen LogP contribution is 2.27. The van der Waals surface area contributed by atoms with Gasteiger partial charge in [0.15, 0.2) is 0 Å². The van der Waals surface area contributed by atoms with E-state index in [0.29, 0.717) is 10.8 Å². The Morgan fingerprint density at radius 3 is 2.05 bits per heavy atom. The molecule has 0 heterocycles. The molecule has 0 aliphatic rings. The molecule has 0 saturated carbocycles. The van der Waals surface area contributed by atoms with Crippen LogP contribution < -0.4 is 9.62 Å². The average molecular weight is 558 g/mol. The first-order chi connectivity index (χ1) is 18.4. The molecule has 0 aliphatic heterocycles. The second kappa shape index (κ2) is 12.8. The van der Waals surface area contributed by atoms with Crippen LogP contribution in [0, 0.1) is 24.5 Å². The van der Waals surface area contributed by atoms with E-state index in [-0.39, 0.29) is 28.6 Å². The molecule has 3 rings (SSSR count). The topological polar surface area (TPSA) is 86.8 Å². The summed E-state index contributed by atoms with van der Waals surface area (Å²) in [6.45, 7) is 6.35. The van der Waals surface area contributed by atoms with Crippen LogP contribution in [-0.2, 0) is 26.2 Å². The number of carbonyl (C=O) groups excluding carboxylic acids is 2. The highest BCUT2D eigenvalue weighted by atomic mass is 32.2. The number of anilines is 1. The monoisotopic (exact) mass is 557 g/mol. The van der Waals surface area contributed by atoms with Gasteiger partial charge in [-0.1, -0.05) is 61.9 Å². The normalized spacial score (nSPS) is 12.2. The molecule has 0 aliphatic carbocycles. The SMILES string of the molecule is Cc1ccc(S(=O)(=O)N(CC(=O)N(Cc2ccccc2F)[C@@H](C)C(=O)NCC(C)C)c2ccccc2F)cc1. The largest absolute Gasteiger partial charge is 0.354 e. The molecule has 1 N–H and O–H groups in total. The third-order valence-corrected chi connectivity index (χ3v) is 7.93. The first kappa shape index (κ1) is 29.8. The van der Waals surface area contributed by atoms with Crippen molar-refractivity contribution in [3.63, 3.8) is 0 Å². The molecule has 10 heteroatoms. The Labute approximate surface area is 228 Å². The van der Waals surface area contributed by atoms with Crippen molar-refractivity contribution in [3.05, 3.63) is 95.6 Å². The molecule has 0 fully saturated rings. The first-order valence-electron chi connectivity index (χ1n) is 12.6. The summed E-state index contributed by atoms with van der Waals surface area (Å²) in [6.07, 6.45) is 0. The van der Waals surface area contributed by atoms with E-state index >= 15 is 0 Å². The highest BCUT2D eigenvalue weighted by Gasteiger charge is 2.33. The standard InChI is InChI=1S/C29H33F2N3O4S/c1-20(2)17-32-29(36)22(4)33(18-23-9-5-6-10-25(23)30)28(35)19-34(27-12-8-7-11-26(27)31)39(37,38)24-15-13-21(3)14-16-24/h5-16,20,22H,17-19H2,1-4H3,(H,32,36)/t22-/m0/s1. The molecule has 0 radical (unpaired) electrons. The minimum Gasteiger partial charge on any atom is -0.354 e. The van der Waals surface area contributed by atoms with E-state index in [2.05, 4.69) is 5.32 Å². The third-order valence-electron chi connectivity index (χ3n) is 6.16. The number of nitrogens with one attached hydrogen (secondary N) is 1. The van der Waals surface area contributed by atoms with Gasteiger partial charge in [-0.05, 0) is 50.1 Å². The zero-order chi connectivity index (χ0) is 28.7. The van der Waals surface area contributed by atoms with Crippen molar-refractivity contribution in [1.82, 2.24) is 10.2 Å². The Morgan fingerprint density at radius 1 is 0.872 bits per heavy atom. The summed E-state index contributed by atoms with van der Waals surface area (Å²) in [5.74, 6) is -2.56. The van der Waals surface area contributed by atoms with Crippen LogP contribution in [0.1, 0.15) is 31.9 Å². The molecule has 3 aromatic carbocycles. The van der Waals surface area contributed by atoms with Crippen LogP contribution in [-0.4, -0.2) is 44.3 Å². The summed E-state index contributed by atoms with van der Waals surface area (Å²) in [5, 5.41) is 2.75. The minimum atomic E-state index is -4.40. The molecule has 0 unspecified atom stereocenters. The van der Waals surface area contributed by atoms with Crippen LogP contribution >= 0.6 is 0 Å². The summed E-state index contributed by atoms with van der Waals surface area (Å²) < 4.78 is 57.6. The zero-order valence-electron chi connectivity index (χ0n) is 22.4. The van der Waals surface area contributed by atoms with Crippen molar-refractivity contribution in [1.29, 1.82) is 0 Å². The fourth-order valence-electron chi connectivity index (χ4n) is 3.85. The van der Waals surface area contributed by atoms with Gasteiger partial charge in [0, 0.05) is 18.7 Å². The smallest absolute Gasteiger partial charge is 0.264 e. The van der Waals surface area contributed by atoms with Crippen molar-refractivity contribution < 1.29 is 26.8 Å². The fourth-order valence-corrected chi connectivity index (χ4v) is 5.27. The lowest BCUT2D eigenvalue weighted by atomic mass is 10.1. The van der Waals surface area contributed by atoms with Gasteiger partial charge >= 0.3 is 0 Å². The van der Waals surface area contributed by atoms with Crippen LogP contribution in [0.15, 0.2) is 77.7 Å². The Bertz CT molecular complexity index is 1410. The minimum absolute atomic E-state index is 0.132. The van der Waals surface area contributed by atoms with Crippen molar-refractivity contribution >= 4 is 27.5 Å². The van der Waals surface area contributed by atoms with Gasteiger partial charge < -0.3 is 10.2 Å². The predicted molar refractivity (Wildman–Crippen MR) is 146 cm³/mol. The number of benzene rings is 3. The van der Waals surface area contributed by atoms with Crippen molar-refractivity contribution in [2.24, 2.45) is 5.92 Å². The Balaban J connectivity index is 2.03. The number of para-hydroxylation sites is 1. The molecule has 3 aromatic rings. The average Bonchev–Trinajstić information content (AvgIpc) is 2.90. The van der Waals surface area contributed by atoms with E-state index in [1.54, 1.807) is 25.1 Å². The highest BCUT2D eigenvalue weighted by molar-refractivity contribution is 7.92. The van der Waals surface area contributed by atoms with Crippen molar-refractivity contribution in [3.8, 4) is 0 Å². The Kier molecular flexibility index (Phi) is 9.80. The zero-order valence-corrected chi connectivity index (χ0v) is 23.2. The van der Waals surface area contributed by atoms with E-state index in [0.717, 1.165) is 16.5 Å². The van der Waals surface area contributed by atoms with Crippen LogP contribution in [0.2, 0.25) is 0 Å². The molecular weight excluding hydrogens is 524 g/mol. The number of nitrogens with zero attached hydrogens (tertiary/aromatic N) is 2. The second-order valence-corrected chi connectivity index (χ2v) is 11.6. The number of hydrogen-bond acceptors (Lipinski definition) is 4. The van der Waals surface area contributed by atoms with E-state index < -0.39 is 46.1 Å². The molecular formula is C29H33F2N3O4S. The number of hydrogen-bond donors (Lipinski definition) is 1. The van der Waals surface area contributed by atoms with Crippen LogP contribution in [0.5, 0.6) is 0 Å². The lowest BCUT2D eigenvalue weighted by Gasteiger charge is -2.32. The summed E-state index contributed by atoms with van der Waals surface area (Å²) in [5.41, 5.74) is 0.641. The van der Waals surface area contributed by atoms with E-state index in [4.69, 9.17) is 0 Å². The van der Waals surface area contributed by atoms with Crippen LogP contribution in [0.4, 0.5) is 14.5 Å². The fraction of sp³-hybridized carbons (Fsp3) is 0.310. The first-order valence-corrected chi connectivity index (χ1v) is 14.0. The van der Waals surface area contributed by atoms with Gasteiger partial charge in [-0.3, -0.25) is 13.9 Å². The van der Waals surface area contributed by atoms with Gasteiger partial charge in [-0.15, -0.1) is 0 Å². The summed E-state index contributed by atoms with van der Waals surface area (Å²) in [4.78, 5) is 27.7. The van der Waals surface area contributed by atoms with E-state index in [1.807, 2.05) is 13.8 Å². The maximum atomic E-state index is 14.9. The van der Waals surface area contributed by atoms with Crippen molar-refractivity contribution in [2.75, 3.05) is 17.4 Å². The van der Waals surface area contributed by atoms with E-state index in [1.165, 1.54) is 55.5 Å². The molecule has 0 saturated heterocycles. The van der Waals surface area contributed by atoms with Crippen LogP contribution in [0.3, 0.4) is 0 Å². The van der Waals surface area contributed by atoms with Crippen molar-refractivity contribution in [2.45, 2.75) is 45.2 Å². The predicted octanol–water partition coefficient (Wildman–Crippen LogP) is 4.66. The maximum Gasteiger partial charge on any atom is 0.264 e. The Morgan fingerprint density at radius 2 is 1.46 bits per heavy atom. The number of aryl methyl sites for hydroxylation is 1. The van der Waals surface area contributed by atoms with Gasteiger partial charge in [0.05, 0.1) is 10.6 Å². The van der Waals surface area contributed by atoms with Gasteiger partial charge in [0.25, 0.3) is 10.0 Å². The molecule has 7 nitrogen and oxygen atoms in total. The molecule has 2 amide bonds. The molecule has 1 atom stereocenters. The lowest BCUT2D eigenvalue weighted by Crippen LogP contribution is -2.51. The number of sulfonamides is 1. The Hall–Kier alpha value is -3.79. The molecule has 0 aromatic heterocycles. The molecule has 208 valence electrons. The quantitative estimate of drug-likeness (QED) is 0.372. The van der Waals surface area contributed by atoms with Gasteiger partial charge in [0.1, 0.15) is 24.2 Å². The van der Waals surface area contributed by atoms with Crippen LogP contribution in [0.25, 0.3) is 0 Å². The third kappa shape index (κ3) is 7.41.